The lowest BCUT2D eigenvalue weighted by Crippen LogP contribution is -2.37. The third-order valence-corrected chi connectivity index (χ3v) is 9.54. The zero-order chi connectivity index (χ0) is 37.6. The van der Waals surface area contributed by atoms with E-state index in [4.69, 9.17) is 16.3 Å². The number of halogens is 2. The van der Waals surface area contributed by atoms with Crippen LogP contribution in [0.4, 0.5) is 14.9 Å². The van der Waals surface area contributed by atoms with Crippen molar-refractivity contribution in [2.45, 2.75) is 84.8 Å². The van der Waals surface area contributed by atoms with E-state index < -0.39 is 23.4 Å². The molecule has 1 aliphatic rings. The molecule has 1 saturated carbocycles. The van der Waals surface area contributed by atoms with Crippen LogP contribution in [-0.2, 0) is 20.7 Å². The maximum Gasteiger partial charge on any atom is 0.407 e. The maximum absolute atomic E-state index is 14.7. The van der Waals surface area contributed by atoms with E-state index in [2.05, 4.69) is 26.1 Å². The molecule has 0 aliphatic heterocycles. The van der Waals surface area contributed by atoms with E-state index in [9.17, 15) is 23.6 Å². The molecule has 1 unspecified atom stereocenters. The molecule has 5 rings (SSSR count). The second-order valence-corrected chi connectivity index (χ2v) is 15.4. The predicted molar refractivity (Wildman–Crippen MR) is 201 cm³/mol. The summed E-state index contributed by atoms with van der Waals surface area (Å²) in [5, 5.41) is 15.9. The van der Waals surface area contributed by atoms with Crippen LogP contribution in [0, 0.1) is 23.6 Å². The van der Waals surface area contributed by atoms with Crippen LogP contribution >= 0.6 is 11.6 Å². The number of nitrogens with zero attached hydrogens (tertiary/aromatic N) is 1. The molecule has 3 aromatic carbocycles. The first kappa shape index (κ1) is 38.5. The number of hydrogen-bond donors (Lipinski definition) is 4. The summed E-state index contributed by atoms with van der Waals surface area (Å²) in [5.74, 6) is -1.76. The van der Waals surface area contributed by atoms with Crippen molar-refractivity contribution in [3.05, 3.63) is 82.8 Å². The lowest BCUT2D eigenvalue weighted by molar-refractivity contribution is -0.129. The van der Waals surface area contributed by atoms with Crippen LogP contribution in [0.2, 0.25) is 5.02 Å². The number of aromatic nitrogens is 2. The van der Waals surface area contributed by atoms with Crippen LogP contribution in [-0.4, -0.2) is 52.1 Å². The van der Waals surface area contributed by atoms with Gasteiger partial charge in [0.05, 0.1) is 17.1 Å². The molecule has 3 amide bonds. The van der Waals surface area contributed by atoms with Gasteiger partial charge in [0.1, 0.15) is 17.2 Å². The molecule has 52 heavy (non-hydrogen) atoms. The van der Waals surface area contributed by atoms with E-state index in [0.29, 0.717) is 40.9 Å². The number of carbonyl (C=O) groups excluding carboxylic acids is 4. The Bertz CT molecular complexity index is 1910. The number of ether oxygens (including phenoxy) is 1. The molecule has 0 radical (unpaired) electrons. The van der Waals surface area contributed by atoms with Gasteiger partial charge in [-0.25, -0.2) is 9.18 Å². The van der Waals surface area contributed by atoms with E-state index in [1.165, 1.54) is 12.3 Å². The Morgan fingerprint density at radius 3 is 2.37 bits per heavy atom. The van der Waals surface area contributed by atoms with Gasteiger partial charge in [0.2, 0.25) is 5.91 Å². The van der Waals surface area contributed by atoms with Crippen molar-refractivity contribution in [3.63, 3.8) is 0 Å². The third-order valence-electron chi connectivity index (χ3n) is 9.23. The number of Topliss-reactive ketones (excluding diaryl/α,β-unsaturated/α-hetero) is 1. The number of ketones is 1. The van der Waals surface area contributed by atoms with Crippen molar-refractivity contribution in [1.29, 1.82) is 0 Å². The molecular formula is C40H47ClFN5O5. The number of nitrogens with one attached hydrogen (secondary N) is 4. The average Bonchev–Trinajstić information content (AvgIpc) is 3.56. The summed E-state index contributed by atoms with van der Waals surface area (Å²) in [6.45, 7) is 9.71. The Balaban J connectivity index is 1.27. The molecule has 1 fully saturated rings. The van der Waals surface area contributed by atoms with Crippen molar-refractivity contribution in [3.8, 4) is 11.1 Å². The van der Waals surface area contributed by atoms with Crippen LogP contribution in [0.3, 0.4) is 0 Å². The number of H-pyrrole nitrogens is 1. The van der Waals surface area contributed by atoms with Crippen LogP contribution < -0.4 is 16.0 Å². The number of fused-ring (bicyclic) bond motifs is 1. The van der Waals surface area contributed by atoms with E-state index in [1.807, 2.05) is 58.9 Å². The van der Waals surface area contributed by atoms with E-state index in [1.54, 1.807) is 24.3 Å². The summed E-state index contributed by atoms with van der Waals surface area (Å²) in [6.07, 6.45) is 4.13. The van der Waals surface area contributed by atoms with Gasteiger partial charge in [0.15, 0.2) is 0 Å². The van der Waals surface area contributed by atoms with Gasteiger partial charge >= 0.3 is 6.09 Å². The van der Waals surface area contributed by atoms with Crippen LogP contribution in [0.25, 0.3) is 22.0 Å². The molecule has 1 aliphatic carbocycles. The fourth-order valence-corrected chi connectivity index (χ4v) is 6.85. The average molecular weight is 732 g/mol. The number of carbonyl (C=O) groups is 4. The van der Waals surface area contributed by atoms with Crippen LogP contribution in [0.5, 0.6) is 0 Å². The highest BCUT2D eigenvalue weighted by molar-refractivity contribution is 6.33. The maximum atomic E-state index is 14.7. The monoisotopic (exact) mass is 731 g/mol. The van der Waals surface area contributed by atoms with Gasteiger partial charge in [-0.2, -0.15) is 5.10 Å². The van der Waals surface area contributed by atoms with E-state index in [-0.39, 0.29) is 54.0 Å². The van der Waals surface area contributed by atoms with Gasteiger partial charge in [0.25, 0.3) is 5.91 Å². The second kappa shape index (κ2) is 16.7. The molecule has 276 valence electrons. The lowest BCUT2D eigenvalue weighted by atomic mass is 9.77. The fraction of sp³-hybridized carbons (Fsp3) is 0.425. The van der Waals surface area contributed by atoms with Gasteiger partial charge in [-0.05, 0) is 108 Å². The van der Waals surface area contributed by atoms with Gasteiger partial charge in [-0.3, -0.25) is 19.5 Å². The highest BCUT2D eigenvalue weighted by Gasteiger charge is 2.31. The van der Waals surface area contributed by atoms with Gasteiger partial charge in [-0.15, -0.1) is 0 Å². The topological polar surface area (TPSA) is 142 Å². The Kier molecular flexibility index (Phi) is 12.4. The Labute approximate surface area is 308 Å². The molecule has 1 aromatic heterocycles. The smallest absolute Gasteiger partial charge is 0.407 e. The number of aromatic amines is 1. The summed E-state index contributed by atoms with van der Waals surface area (Å²) >= 11 is 6.59. The van der Waals surface area contributed by atoms with Crippen molar-refractivity contribution >= 4 is 51.9 Å². The first-order valence-corrected chi connectivity index (χ1v) is 18.2. The number of hydrogen-bond acceptors (Lipinski definition) is 6. The summed E-state index contributed by atoms with van der Waals surface area (Å²) in [5.41, 5.74) is 3.04. The summed E-state index contributed by atoms with van der Waals surface area (Å²) in [4.78, 5) is 52.1. The molecule has 12 heteroatoms. The molecular weight excluding hydrogens is 685 g/mol. The molecule has 0 spiro atoms. The van der Waals surface area contributed by atoms with Crippen LogP contribution in [0.15, 0.2) is 60.8 Å². The molecule has 4 aromatic rings. The minimum absolute atomic E-state index is 0.00399. The number of benzene rings is 3. The largest absolute Gasteiger partial charge is 0.444 e. The zero-order valence-electron chi connectivity index (χ0n) is 30.3. The van der Waals surface area contributed by atoms with E-state index >= 15 is 0 Å². The highest BCUT2D eigenvalue weighted by atomic mass is 35.5. The van der Waals surface area contributed by atoms with Crippen LogP contribution in [0.1, 0.15) is 82.6 Å². The van der Waals surface area contributed by atoms with Gasteiger partial charge in [0, 0.05) is 52.7 Å². The lowest BCUT2D eigenvalue weighted by Gasteiger charge is -2.29. The van der Waals surface area contributed by atoms with Gasteiger partial charge < -0.3 is 20.7 Å². The summed E-state index contributed by atoms with van der Waals surface area (Å²) in [7, 11) is 0. The van der Waals surface area contributed by atoms with E-state index in [0.717, 1.165) is 29.5 Å². The Hall–Kier alpha value is -4.77. The first-order chi connectivity index (χ1) is 24.6. The molecule has 1 atom stereocenters. The van der Waals surface area contributed by atoms with Crippen molar-refractivity contribution in [2.24, 2.45) is 17.8 Å². The molecule has 4 N–H and O–H groups in total. The van der Waals surface area contributed by atoms with Crippen molar-refractivity contribution in [1.82, 2.24) is 20.8 Å². The number of amides is 3. The normalized spacial score (nSPS) is 16.7. The molecule has 10 nitrogen and oxygen atoms in total. The third kappa shape index (κ3) is 10.4. The number of rotatable bonds is 12. The van der Waals surface area contributed by atoms with Gasteiger partial charge in [-0.1, -0.05) is 41.9 Å². The highest BCUT2D eigenvalue weighted by Crippen LogP contribution is 2.33. The second-order valence-electron chi connectivity index (χ2n) is 15.0. The Morgan fingerprint density at radius 1 is 1.00 bits per heavy atom. The standard InChI is InChI=1S/C40H47ClFN5O5/c1-23(2)45-37(49)28-14-15-31(33(41)17-28)26-10-6-24(7-11-26)16-29(38(50)46-30-19-34(42)32-22-44-47-35(32)20-30)18-36(48)27-12-8-25(9-13-27)21-43-39(51)52-40(3,4)5/h6-7,10-11,14-15,17,19-20,22-23,25,27,29H,8-9,12-13,16,18,21H2,1-5H3,(H,43,51)(H,44,47)(H,45,49)(H,46,50). The Morgan fingerprint density at radius 2 is 1.71 bits per heavy atom. The summed E-state index contributed by atoms with van der Waals surface area (Å²) in [6, 6.07) is 15.6. The predicted octanol–water partition coefficient (Wildman–Crippen LogP) is 8.25. The van der Waals surface area contributed by atoms with Crippen molar-refractivity contribution < 1.29 is 28.3 Å². The summed E-state index contributed by atoms with van der Waals surface area (Å²) < 4.78 is 20.1. The molecule has 0 bridgehead atoms. The quantitative estimate of drug-likeness (QED) is 0.116. The minimum Gasteiger partial charge on any atom is -0.444 e. The first-order valence-electron chi connectivity index (χ1n) is 17.8. The fourth-order valence-electron chi connectivity index (χ4n) is 6.56. The minimum atomic E-state index is -0.715. The zero-order valence-corrected chi connectivity index (χ0v) is 31.0. The van der Waals surface area contributed by atoms with Crippen molar-refractivity contribution in [2.75, 3.05) is 11.9 Å². The molecule has 0 saturated heterocycles. The SMILES string of the molecule is CC(C)NC(=O)c1ccc(-c2ccc(CC(CC(=O)C3CCC(CNC(=O)OC(C)(C)C)CC3)C(=O)Nc3cc(F)c4cn[nH]c4c3)cc2)c(Cl)c1. The number of anilines is 1. The number of alkyl carbamates (subject to hydrolysis) is 1. The molecule has 1 heterocycles.